The average Bonchev–Trinajstić information content (AvgIpc) is 2.33. The fraction of sp³-hybridized carbons (Fsp3) is 0.500. The molecule has 0 amide bonds. The molecule has 0 radical (unpaired) electrons. The molecule has 7 heteroatoms. The lowest BCUT2D eigenvalue weighted by Crippen LogP contribution is -2.36. The maximum Gasteiger partial charge on any atom is 0.400 e. The van der Waals surface area contributed by atoms with Gasteiger partial charge in [0.05, 0.1) is 7.05 Å². The lowest BCUT2D eigenvalue weighted by molar-refractivity contribution is -0.694. The first-order chi connectivity index (χ1) is 5.97. The van der Waals surface area contributed by atoms with Crippen molar-refractivity contribution >= 4 is 7.75 Å². The van der Waals surface area contributed by atoms with Gasteiger partial charge in [0.15, 0.2) is 0 Å². The number of aryl methyl sites for hydroxylation is 1. The summed E-state index contributed by atoms with van der Waals surface area (Å²) in [6.45, 7) is 0.783. The molecule has 1 aromatic rings. The molecule has 0 saturated heterocycles. The van der Waals surface area contributed by atoms with Gasteiger partial charge in [-0.3, -0.25) is 0 Å². The Morgan fingerprint density at radius 1 is 1.62 bits per heavy atom. The van der Waals surface area contributed by atoms with Crippen LogP contribution in [0.5, 0.6) is 0 Å². The minimum Gasteiger partial charge on any atom is -0.313 e. The van der Waals surface area contributed by atoms with Crippen molar-refractivity contribution in [3.8, 4) is 0 Å². The quantitative estimate of drug-likeness (QED) is 0.436. The number of hydrogen-bond donors (Lipinski definition) is 3. The lowest BCUT2D eigenvalue weighted by atomic mass is 10.6. The molecule has 0 saturated carbocycles. The normalized spacial score (nSPS) is 11.9. The van der Waals surface area contributed by atoms with E-state index in [1.165, 1.54) is 0 Å². The van der Waals surface area contributed by atoms with Crippen LogP contribution in [0.25, 0.3) is 0 Å². The summed E-state index contributed by atoms with van der Waals surface area (Å²) in [4.78, 5) is 17.0. The minimum absolute atomic E-state index is 0.249. The third-order valence-electron chi connectivity index (χ3n) is 1.51. The van der Waals surface area contributed by atoms with E-state index in [1.54, 1.807) is 0 Å². The van der Waals surface area contributed by atoms with Crippen molar-refractivity contribution in [3.63, 3.8) is 0 Å². The van der Waals surface area contributed by atoms with E-state index in [9.17, 15) is 4.57 Å². The molecule has 0 aliphatic carbocycles. The minimum atomic E-state index is -4.07. The van der Waals surface area contributed by atoms with Gasteiger partial charge in [0.2, 0.25) is 6.33 Å². The standard InChI is InChI=1S/C6H12N3O3P/c1-8-4-5-9(6-8)3-2-7-13(10,11)12/h4-6H,2-3H2,1H3,(H2-,7,10,11,12)/p+1. The zero-order chi connectivity index (χ0) is 9.90. The van der Waals surface area contributed by atoms with E-state index in [-0.39, 0.29) is 6.54 Å². The molecule has 1 rings (SSSR count). The Morgan fingerprint density at radius 2 is 2.31 bits per heavy atom. The van der Waals surface area contributed by atoms with E-state index in [4.69, 9.17) is 9.79 Å². The average molecular weight is 206 g/mol. The van der Waals surface area contributed by atoms with E-state index < -0.39 is 7.75 Å². The van der Waals surface area contributed by atoms with Crippen LogP contribution in [0.15, 0.2) is 18.7 Å². The van der Waals surface area contributed by atoms with Gasteiger partial charge in [-0.1, -0.05) is 0 Å². The second-order valence-electron chi connectivity index (χ2n) is 2.77. The number of nitrogens with zero attached hydrogens (tertiary/aromatic N) is 2. The molecular formula is C6H13N3O3P+. The number of hydrogen-bond acceptors (Lipinski definition) is 1. The van der Waals surface area contributed by atoms with Gasteiger partial charge in [-0.2, -0.15) is 0 Å². The van der Waals surface area contributed by atoms with E-state index in [0.29, 0.717) is 6.54 Å². The number of imidazole rings is 1. The highest BCUT2D eigenvalue weighted by Crippen LogP contribution is 2.26. The van der Waals surface area contributed by atoms with Crippen molar-refractivity contribution in [3.05, 3.63) is 18.7 Å². The monoisotopic (exact) mass is 206 g/mol. The molecule has 0 unspecified atom stereocenters. The van der Waals surface area contributed by atoms with E-state index in [0.717, 1.165) is 0 Å². The Balaban J connectivity index is 2.32. The van der Waals surface area contributed by atoms with Gasteiger partial charge in [-0.05, 0) is 0 Å². The van der Waals surface area contributed by atoms with Gasteiger partial charge in [0.1, 0.15) is 18.9 Å². The molecule has 0 bridgehead atoms. The maximum absolute atomic E-state index is 10.4. The van der Waals surface area contributed by atoms with Crippen LogP contribution in [-0.4, -0.2) is 20.9 Å². The Bertz CT molecular complexity index is 319. The molecule has 0 spiro atoms. The smallest absolute Gasteiger partial charge is 0.313 e. The van der Waals surface area contributed by atoms with Gasteiger partial charge in [0, 0.05) is 6.54 Å². The molecule has 3 N–H and O–H groups in total. The third-order valence-corrected chi connectivity index (χ3v) is 2.15. The first kappa shape index (κ1) is 10.4. The van der Waals surface area contributed by atoms with Gasteiger partial charge >= 0.3 is 7.75 Å². The van der Waals surface area contributed by atoms with Crippen LogP contribution >= 0.6 is 7.75 Å². The zero-order valence-corrected chi connectivity index (χ0v) is 8.19. The number of aromatic nitrogens is 2. The summed E-state index contributed by atoms with van der Waals surface area (Å²) in [5, 5.41) is 2.12. The Hall–Kier alpha value is -0.680. The summed E-state index contributed by atoms with van der Waals surface area (Å²) in [6, 6.07) is 0. The Labute approximate surface area is 76.0 Å². The van der Waals surface area contributed by atoms with Gasteiger partial charge in [0.25, 0.3) is 0 Å². The number of rotatable bonds is 4. The predicted octanol–water partition coefficient (Wildman–Crippen LogP) is -1.01. The zero-order valence-electron chi connectivity index (χ0n) is 7.29. The summed E-state index contributed by atoms with van der Waals surface area (Å²) in [6.07, 6.45) is 5.53. The largest absolute Gasteiger partial charge is 0.400 e. The molecule has 1 heterocycles. The first-order valence-corrected chi connectivity index (χ1v) is 5.40. The Morgan fingerprint density at radius 3 is 2.77 bits per heavy atom. The molecule has 74 valence electrons. The van der Waals surface area contributed by atoms with E-state index in [2.05, 4.69) is 5.09 Å². The van der Waals surface area contributed by atoms with Crippen molar-refractivity contribution in [2.45, 2.75) is 6.54 Å². The van der Waals surface area contributed by atoms with E-state index >= 15 is 0 Å². The van der Waals surface area contributed by atoms with Gasteiger partial charge in [-0.15, -0.1) is 0 Å². The fourth-order valence-corrected chi connectivity index (χ4v) is 1.35. The van der Waals surface area contributed by atoms with Crippen LogP contribution in [0, 0.1) is 0 Å². The topological polar surface area (TPSA) is 78.4 Å². The maximum atomic E-state index is 10.4. The summed E-state index contributed by atoms with van der Waals surface area (Å²) in [5.41, 5.74) is 0. The highest BCUT2D eigenvalue weighted by atomic mass is 31.2. The second-order valence-corrected chi connectivity index (χ2v) is 4.17. The van der Waals surface area contributed by atoms with Crippen molar-refractivity contribution in [1.82, 2.24) is 9.65 Å². The molecule has 1 aromatic heterocycles. The van der Waals surface area contributed by atoms with Crippen LogP contribution in [0.1, 0.15) is 0 Å². The van der Waals surface area contributed by atoms with Crippen LogP contribution < -0.4 is 9.65 Å². The highest BCUT2D eigenvalue weighted by molar-refractivity contribution is 7.49. The molecule has 13 heavy (non-hydrogen) atoms. The number of nitrogens with one attached hydrogen (secondary N) is 1. The first-order valence-electron chi connectivity index (χ1n) is 3.79. The van der Waals surface area contributed by atoms with Crippen molar-refractivity contribution in [2.75, 3.05) is 6.54 Å². The van der Waals surface area contributed by atoms with Gasteiger partial charge < -0.3 is 9.79 Å². The SMILES string of the molecule is Cn1cc[n+](CCNP(=O)(O)O)c1. The van der Waals surface area contributed by atoms with Crippen LogP contribution in [0.4, 0.5) is 0 Å². The fourth-order valence-electron chi connectivity index (χ4n) is 0.959. The lowest BCUT2D eigenvalue weighted by Gasteiger charge is -2.03. The van der Waals surface area contributed by atoms with Crippen molar-refractivity contribution in [1.29, 1.82) is 0 Å². The highest BCUT2D eigenvalue weighted by Gasteiger charge is 2.11. The molecular weight excluding hydrogens is 193 g/mol. The third kappa shape index (κ3) is 4.19. The van der Waals surface area contributed by atoms with Gasteiger partial charge in [-0.25, -0.2) is 18.8 Å². The Kier molecular flexibility index (Phi) is 3.22. The van der Waals surface area contributed by atoms with Crippen molar-refractivity contribution < 1.29 is 18.9 Å². The van der Waals surface area contributed by atoms with Crippen LogP contribution in [0.3, 0.4) is 0 Å². The summed E-state index contributed by atoms with van der Waals surface area (Å²) in [5.74, 6) is 0. The van der Waals surface area contributed by atoms with E-state index in [1.807, 2.05) is 34.9 Å². The summed E-state index contributed by atoms with van der Waals surface area (Å²) in [7, 11) is -2.18. The van der Waals surface area contributed by atoms with Crippen LogP contribution in [0.2, 0.25) is 0 Å². The molecule has 0 aliphatic heterocycles. The molecule has 0 aliphatic rings. The molecule has 6 nitrogen and oxygen atoms in total. The summed E-state index contributed by atoms with van der Waals surface area (Å²) < 4.78 is 14.1. The molecule has 0 aromatic carbocycles. The van der Waals surface area contributed by atoms with Crippen molar-refractivity contribution in [2.24, 2.45) is 7.05 Å². The van der Waals surface area contributed by atoms with Crippen LogP contribution in [-0.2, 0) is 18.2 Å². The molecule has 0 atom stereocenters. The summed E-state index contributed by atoms with van der Waals surface area (Å²) >= 11 is 0. The second kappa shape index (κ2) is 4.02. The molecule has 0 fully saturated rings. The predicted molar refractivity (Wildman–Crippen MR) is 45.7 cm³/mol.